The van der Waals surface area contributed by atoms with Gasteiger partial charge in [0.15, 0.2) is 0 Å². The second-order valence-corrected chi connectivity index (χ2v) is 5.93. The minimum atomic E-state index is 0.279. The highest BCUT2D eigenvalue weighted by atomic mass is 79.9. The standard InChI is InChI=1S/C13H11BrN4S/c1-7-2-3-9(14)10(6-7)16-11-8-4-5-19-12(8)18-13(15)17-11/h2-6H,1H3,(H3,15,16,17,18). The number of rotatable bonds is 2. The van der Waals surface area contributed by atoms with Gasteiger partial charge in [0.2, 0.25) is 5.95 Å². The lowest BCUT2D eigenvalue weighted by Crippen LogP contribution is -2.00. The fraction of sp³-hybridized carbons (Fsp3) is 0.0769. The summed E-state index contributed by atoms with van der Waals surface area (Å²) in [6.07, 6.45) is 0. The molecule has 2 heterocycles. The largest absolute Gasteiger partial charge is 0.368 e. The van der Waals surface area contributed by atoms with Crippen molar-refractivity contribution in [2.45, 2.75) is 6.92 Å². The fourth-order valence-electron chi connectivity index (χ4n) is 1.83. The maximum atomic E-state index is 5.74. The molecule has 3 N–H and O–H groups in total. The second-order valence-electron chi connectivity index (χ2n) is 4.18. The number of aryl methyl sites for hydroxylation is 1. The van der Waals surface area contributed by atoms with Crippen LogP contribution in [0.5, 0.6) is 0 Å². The number of nitrogens with one attached hydrogen (secondary N) is 1. The molecule has 0 spiro atoms. The van der Waals surface area contributed by atoms with E-state index in [0.29, 0.717) is 0 Å². The molecule has 19 heavy (non-hydrogen) atoms. The van der Waals surface area contributed by atoms with Crippen molar-refractivity contribution in [3.63, 3.8) is 0 Å². The average molecular weight is 335 g/mol. The maximum absolute atomic E-state index is 5.74. The molecule has 2 aromatic heterocycles. The molecule has 0 aliphatic carbocycles. The summed E-state index contributed by atoms with van der Waals surface area (Å²) < 4.78 is 0.985. The highest BCUT2D eigenvalue weighted by Crippen LogP contribution is 2.31. The number of hydrogen-bond donors (Lipinski definition) is 2. The molecular formula is C13H11BrN4S. The van der Waals surface area contributed by atoms with E-state index in [2.05, 4.69) is 37.3 Å². The van der Waals surface area contributed by atoms with E-state index < -0.39 is 0 Å². The Hall–Kier alpha value is -1.66. The summed E-state index contributed by atoms with van der Waals surface area (Å²) in [5, 5.41) is 6.27. The van der Waals surface area contributed by atoms with Gasteiger partial charge in [-0.3, -0.25) is 0 Å². The Balaban J connectivity index is 2.10. The number of nitrogens with zero attached hydrogens (tertiary/aromatic N) is 2. The van der Waals surface area contributed by atoms with Gasteiger partial charge in [0.1, 0.15) is 10.6 Å². The minimum absolute atomic E-state index is 0.279. The van der Waals surface area contributed by atoms with Crippen molar-refractivity contribution in [2.24, 2.45) is 0 Å². The van der Waals surface area contributed by atoms with E-state index >= 15 is 0 Å². The number of anilines is 3. The van der Waals surface area contributed by atoms with Crippen molar-refractivity contribution in [2.75, 3.05) is 11.1 Å². The van der Waals surface area contributed by atoms with Gasteiger partial charge in [0.25, 0.3) is 0 Å². The lowest BCUT2D eigenvalue weighted by atomic mass is 10.2. The zero-order valence-corrected chi connectivity index (χ0v) is 12.5. The minimum Gasteiger partial charge on any atom is -0.368 e. The molecule has 1 aromatic carbocycles. The first-order valence-corrected chi connectivity index (χ1v) is 7.34. The topological polar surface area (TPSA) is 63.8 Å². The summed E-state index contributed by atoms with van der Waals surface area (Å²) in [4.78, 5) is 9.38. The van der Waals surface area contributed by atoms with Gasteiger partial charge in [-0.2, -0.15) is 4.98 Å². The molecule has 0 saturated heterocycles. The number of thiophene rings is 1. The third kappa shape index (κ3) is 2.41. The highest BCUT2D eigenvalue weighted by molar-refractivity contribution is 9.10. The first-order chi connectivity index (χ1) is 9.13. The zero-order valence-electron chi connectivity index (χ0n) is 10.1. The van der Waals surface area contributed by atoms with E-state index in [4.69, 9.17) is 5.73 Å². The van der Waals surface area contributed by atoms with Crippen LogP contribution in [-0.2, 0) is 0 Å². The highest BCUT2D eigenvalue weighted by Gasteiger charge is 2.09. The number of fused-ring (bicyclic) bond motifs is 1. The summed E-state index contributed by atoms with van der Waals surface area (Å²) in [5.41, 5.74) is 7.88. The Kier molecular flexibility index (Phi) is 3.12. The number of nitrogens with two attached hydrogens (primary N) is 1. The van der Waals surface area contributed by atoms with E-state index in [9.17, 15) is 0 Å². The molecule has 0 fully saturated rings. The van der Waals surface area contributed by atoms with Crippen molar-refractivity contribution in [1.82, 2.24) is 9.97 Å². The molecule has 0 atom stereocenters. The molecule has 0 saturated carbocycles. The summed E-state index contributed by atoms with van der Waals surface area (Å²) >= 11 is 5.08. The number of aromatic nitrogens is 2. The van der Waals surface area contributed by atoms with Gasteiger partial charge < -0.3 is 11.1 Å². The van der Waals surface area contributed by atoms with Crippen molar-refractivity contribution >= 4 is 54.9 Å². The number of nitrogen functional groups attached to an aromatic ring is 1. The van der Waals surface area contributed by atoms with E-state index in [-0.39, 0.29) is 5.95 Å². The Morgan fingerprint density at radius 1 is 1.26 bits per heavy atom. The van der Waals surface area contributed by atoms with Crippen LogP contribution in [0.2, 0.25) is 0 Å². The lowest BCUT2D eigenvalue weighted by molar-refractivity contribution is 1.24. The molecule has 6 heteroatoms. The molecular weight excluding hydrogens is 324 g/mol. The molecule has 0 aliphatic rings. The predicted molar refractivity (Wildman–Crippen MR) is 84.0 cm³/mol. The molecule has 0 amide bonds. The van der Waals surface area contributed by atoms with Gasteiger partial charge in [0.05, 0.1) is 11.1 Å². The Labute approximate surface area is 122 Å². The van der Waals surface area contributed by atoms with Crippen molar-refractivity contribution in [3.05, 3.63) is 39.7 Å². The number of halogens is 1. The van der Waals surface area contributed by atoms with Gasteiger partial charge in [-0.1, -0.05) is 6.07 Å². The third-order valence-corrected chi connectivity index (χ3v) is 4.22. The summed E-state index contributed by atoms with van der Waals surface area (Å²) in [6.45, 7) is 2.05. The van der Waals surface area contributed by atoms with Crippen molar-refractivity contribution in [3.8, 4) is 0 Å². The van der Waals surface area contributed by atoms with Crippen LogP contribution in [0.1, 0.15) is 5.56 Å². The molecule has 4 nitrogen and oxygen atoms in total. The molecule has 0 aliphatic heterocycles. The normalized spacial score (nSPS) is 10.8. The first kappa shape index (κ1) is 12.4. The van der Waals surface area contributed by atoms with Crippen LogP contribution in [0.4, 0.5) is 17.5 Å². The molecule has 3 aromatic rings. The van der Waals surface area contributed by atoms with E-state index in [1.807, 2.05) is 30.5 Å². The second kappa shape index (κ2) is 4.79. The molecule has 0 radical (unpaired) electrons. The average Bonchev–Trinajstić information content (AvgIpc) is 2.82. The molecule has 0 unspecified atom stereocenters. The first-order valence-electron chi connectivity index (χ1n) is 5.67. The fourth-order valence-corrected chi connectivity index (χ4v) is 2.95. The van der Waals surface area contributed by atoms with Crippen LogP contribution in [0, 0.1) is 6.92 Å². The Morgan fingerprint density at radius 2 is 2.11 bits per heavy atom. The number of benzene rings is 1. The maximum Gasteiger partial charge on any atom is 0.223 e. The van der Waals surface area contributed by atoms with E-state index in [1.54, 1.807) is 11.3 Å². The Morgan fingerprint density at radius 3 is 2.95 bits per heavy atom. The van der Waals surface area contributed by atoms with Gasteiger partial charge >= 0.3 is 0 Å². The smallest absolute Gasteiger partial charge is 0.223 e. The van der Waals surface area contributed by atoms with Gasteiger partial charge in [-0.05, 0) is 52.0 Å². The monoisotopic (exact) mass is 334 g/mol. The lowest BCUT2D eigenvalue weighted by Gasteiger charge is -2.10. The van der Waals surface area contributed by atoms with Crippen LogP contribution >= 0.6 is 27.3 Å². The summed E-state index contributed by atoms with van der Waals surface area (Å²) in [6, 6.07) is 8.10. The van der Waals surface area contributed by atoms with E-state index in [1.165, 1.54) is 5.56 Å². The van der Waals surface area contributed by atoms with Crippen LogP contribution in [0.15, 0.2) is 34.1 Å². The van der Waals surface area contributed by atoms with E-state index in [0.717, 1.165) is 26.2 Å². The van der Waals surface area contributed by atoms with Gasteiger partial charge in [-0.15, -0.1) is 11.3 Å². The Bertz CT molecular complexity index is 753. The molecule has 0 bridgehead atoms. The van der Waals surface area contributed by atoms with Crippen LogP contribution in [0.3, 0.4) is 0 Å². The predicted octanol–water partition coefficient (Wildman–Crippen LogP) is 4.09. The van der Waals surface area contributed by atoms with Crippen molar-refractivity contribution < 1.29 is 0 Å². The quantitative estimate of drug-likeness (QED) is 0.740. The summed E-state index contributed by atoms with van der Waals surface area (Å²) in [7, 11) is 0. The van der Waals surface area contributed by atoms with Crippen LogP contribution in [-0.4, -0.2) is 9.97 Å². The third-order valence-electron chi connectivity index (χ3n) is 2.72. The SMILES string of the molecule is Cc1ccc(Br)c(Nc2nc(N)nc3sccc23)c1. The van der Waals surface area contributed by atoms with Crippen LogP contribution in [0.25, 0.3) is 10.2 Å². The number of hydrogen-bond acceptors (Lipinski definition) is 5. The van der Waals surface area contributed by atoms with Crippen molar-refractivity contribution in [1.29, 1.82) is 0 Å². The van der Waals surface area contributed by atoms with Gasteiger partial charge in [-0.25, -0.2) is 4.98 Å². The summed E-state index contributed by atoms with van der Waals surface area (Å²) in [5.74, 6) is 1.01. The molecule has 96 valence electrons. The van der Waals surface area contributed by atoms with Gasteiger partial charge in [0, 0.05) is 4.47 Å². The van der Waals surface area contributed by atoms with Crippen LogP contribution < -0.4 is 11.1 Å². The molecule has 3 rings (SSSR count). The zero-order chi connectivity index (χ0) is 13.4.